The number of nitrogens with zero attached hydrogens (tertiary/aromatic N) is 3. The van der Waals surface area contributed by atoms with Crippen molar-refractivity contribution in [3.05, 3.63) is 81.7 Å². The fourth-order valence-electron chi connectivity index (χ4n) is 2.90. The third-order valence-corrected chi connectivity index (χ3v) is 5.57. The van der Waals surface area contributed by atoms with Crippen LogP contribution in [0.15, 0.2) is 61.1 Å². The number of hydrogen-bond donors (Lipinski definition) is 0. The molecule has 1 unspecified atom stereocenters. The molecule has 0 bridgehead atoms. The number of pyridine rings is 1. The number of rotatable bonds is 6. The predicted molar refractivity (Wildman–Crippen MR) is 111 cm³/mol. The van der Waals surface area contributed by atoms with Crippen molar-refractivity contribution in [1.82, 2.24) is 15.0 Å². The number of benzene rings is 1. The third-order valence-electron chi connectivity index (χ3n) is 4.85. The summed E-state index contributed by atoms with van der Waals surface area (Å²) in [6.07, 6.45) is 5.20. The van der Waals surface area contributed by atoms with Crippen LogP contribution in [0, 0.1) is 9.49 Å². The van der Waals surface area contributed by atoms with Crippen molar-refractivity contribution < 1.29 is 4.74 Å². The summed E-state index contributed by atoms with van der Waals surface area (Å²) >= 11 is 2.33. The first-order chi connectivity index (χ1) is 12.5. The van der Waals surface area contributed by atoms with Crippen LogP contribution in [0.4, 0.5) is 0 Å². The zero-order chi connectivity index (χ0) is 18.6. The fourth-order valence-corrected chi connectivity index (χ4v) is 3.26. The Morgan fingerprint density at radius 1 is 1.00 bits per heavy atom. The molecule has 0 spiro atoms. The third kappa shape index (κ3) is 4.03. The molecule has 2 aromatic heterocycles. The first-order valence-electron chi connectivity index (χ1n) is 8.61. The summed E-state index contributed by atoms with van der Waals surface area (Å²) in [6.45, 7) is 7.05. The lowest BCUT2D eigenvalue weighted by Gasteiger charge is -2.34. The average Bonchev–Trinajstić information content (AvgIpc) is 2.67. The van der Waals surface area contributed by atoms with Crippen molar-refractivity contribution in [3.63, 3.8) is 0 Å². The molecule has 3 aromatic rings. The number of aromatic nitrogens is 3. The van der Waals surface area contributed by atoms with Gasteiger partial charge in [0.05, 0.1) is 11.9 Å². The van der Waals surface area contributed by atoms with Crippen molar-refractivity contribution in [2.24, 2.45) is 5.92 Å². The molecular weight excluding hydrogens is 437 g/mol. The molecule has 0 radical (unpaired) electrons. The van der Waals surface area contributed by atoms with Gasteiger partial charge in [-0.15, -0.1) is 0 Å². The highest BCUT2D eigenvalue weighted by atomic mass is 127. The monoisotopic (exact) mass is 459 g/mol. The van der Waals surface area contributed by atoms with Crippen molar-refractivity contribution in [2.75, 3.05) is 0 Å². The molecule has 0 fully saturated rings. The van der Waals surface area contributed by atoms with E-state index < -0.39 is 0 Å². The van der Waals surface area contributed by atoms with Crippen LogP contribution < -0.4 is 4.74 Å². The van der Waals surface area contributed by atoms with Crippen molar-refractivity contribution in [1.29, 1.82) is 0 Å². The Bertz CT molecular complexity index is 835. The highest BCUT2D eigenvalue weighted by Crippen LogP contribution is 2.38. The molecule has 134 valence electrons. The number of hydrogen-bond acceptors (Lipinski definition) is 4. The van der Waals surface area contributed by atoms with Crippen LogP contribution in [0.1, 0.15) is 37.9 Å². The van der Waals surface area contributed by atoms with Gasteiger partial charge in [-0.05, 0) is 71.3 Å². The molecule has 0 saturated heterocycles. The normalized spacial score (nSPS) is 13.4. The van der Waals surface area contributed by atoms with Gasteiger partial charge in [-0.3, -0.25) is 4.98 Å². The molecule has 3 rings (SSSR count). The summed E-state index contributed by atoms with van der Waals surface area (Å²) in [5, 5.41) is 0. The molecule has 0 aliphatic rings. The smallest absolute Gasteiger partial charge is 0.166 e. The minimum absolute atomic E-state index is 0.161. The van der Waals surface area contributed by atoms with E-state index in [2.05, 4.69) is 83.7 Å². The molecule has 5 heteroatoms. The Labute approximate surface area is 168 Å². The summed E-state index contributed by atoms with van der Waals surface area (Å²) < 4.78 is 6.99. The lowest BCUT2D eigenvalue weighted by atomic mass is 9.71. The van der Waals surface area contributed by atoms with Crippen LogP contribution in [0.25, 0.3) is 0 Å². The van der Waals surface area contributed by atoms with Gasteiger partial charge in [0.2, 0.25) is 0 Å². The second-order valence-electron chi connectivity index (χ2n) is 6.70. The SMILES string of the molecule is CC(C)C(C)(c1ccc(I)cc1)c1ccc(OCc2ncccn2)cn1. The van der Waals surface area contributed by atoms with Gasteiger partial charge in [-0.1, -0.05) is 26.0 Å². The van der Waals surface area contributed by atoms with Crippen LogP contribution in [0.5, 0.6) is 5.75 Å². The Morgan fingerprint density at radius 3 is 2.27 bits per heavy atom. The minimum atomic E-state index is -0.161. The van der Waals surface area contributed by atoms with Crippen LogP contribution in [0.3, 0.4) is 0 Å². The van der Waals surface area contributed by atoms with Gasteiger partial charge < -0.3 is 4.74 Å². The predicted octanol–water partition coefficient (Wildman–Crippen LogP) is 5.02. The quantitative estimate of drug-likeness (QED) is 0.486. The summed E-state index contributed by atoms with van der Waals surface area (Å²) in [6, 6.07) is 14.5. The van der Waals surface area contributed by atoms with Crippen LogP contribution in [-0.2, 0) is 12.0 Å². The largest absolute Gasteiger partial charge is 0.484 e. The zero-order valence-electron chi connectivity index (χ0n) is 15.2. The van der Waals surface area contributed by atoms with Gasteiger partial charge in [0.1, 0.15) is 12.4 Å². The van der Waals surface area contributed by atoms with E-state index in [1.807, 2.05) is 6.07 Å². The molecule has 4 nitrogen and oxygen atoms in total. The average molecular weight is 459 g/mol. The highest BCUT2D eigenvalue weighted by Gasteiger charge is 2.33. The number of ether oxygens (including phenoxy) is 1. The lowest BCUT2D eigenvalue weighted by Crippen LogP contribution is -2.31. The van der Waals surface area contributed by atoms with Crippen molar-refractivity contribution >= 4 is 22.6 Å². The maximum atomic E-state index is 5.75. The Balaban J connectivity index is 1.81. The molecular formula is C21H22IN3O. The minimum Gasteiger partial charge on any atom is -0.484 e. The Kier molecular flexibility index (Phi) is 5.86. The maximum absolute atomic E-state index is 5.75. The zero-order valence-corrected chi connectivity index (χ0v) is 17.3. The summed E-state index contributed by atoms with van der Waals surface area (Å²) in [4.78, 5) is 13.0. The lowest BCUT2D eigenvalue weighted by molar-refractivity contribution is 0.293. The van der Waals surface area contributed by atoms with E-state index in [0.29, 0.717) is 18.3 Å². The summed E-state index contributed by atoms with van der Waals surface area (Å²) in [7, 11) is 0. The topological polar surface area (TPSA) is 47.9 Å². The highest BCUT2D eigenvalue weighted by molar-refractivity contribution is 14.1. The van der Waals surface area contributed by atoms with E-state index in [1.165, 1.54) is 9.13 Å². The van der Waals surface area contributed by atoms with Crippen molar-refractivity contribution in [2.45, 2.75) is 32.8 Å². The molecule has 26 heavy (non-hydrogen) atoms. The maximum Gasteiger partial charge on any atom is 0.166 e. The second kappa shape index (κ2) is 8.12. The van der Waals surface area contributed by atoms with E-state index in [4.69, 9.17) is 9.72 Å². The molecule has 0 N–H and O–H groups in total. The molecule has 0 saturated carbocycles. The number of halogens is 1. The van der Waals surface area contributed by atoms with Gasteiger partial charge in [-0.2, -0.15) is 0 Å². The molecule has 0 aliphatic heterocycles. The standard InChI is InChI=1S/C21H22IN3O/c1-15(2)21(3,16-5-7-17(22)8-6-16)19-10-9-18(13-25-19)26-14-20-23-11-4-12-24-20/h4-13,15H,14H2,1-3H3. The Morgan fingerprint density at radius 2 is 1.69 bits per heavy atom. The van der Waals surface area contributed by atoms with Gasteiger partial charge in [0, 0.05) is 21.4 Å². The van der Waals surface area contributed by atoms with E-state index in [-0.39, 0.29) is 5.41 Å². The fraction of sp³-hybridized carbons (Fsp3) is 0.286. The summed E-state index contributed by atoms with van der Waals surface area (Å²) in [5.74, 6) is 1.77. The molecule has 0 amide bonds. The van der Waals surface area contributed by atoms with Crippen molar-refractivity contribution in [3.8, 4) is 5.75 Å². The van der Waals surface area contributed by atoms with E-state index in [9.17, 15) is 0 Å². The molecule has 0 aliphatic carbocycles. The molecule has 2 heterocycles. The van der Waals surface area contributed by atoms with E-state index in [0.717, 1.165) is 11.4 Å². The van der Waals surface area contributed by atoms with E-state index in [1.54, 1.807) is 24.7 Å². The van der Waals surface area contributed by atoms with Gasteiger partial charge in [0.15, 0.2) is 5.82 Å². The Hall–Kier alpha value is -2.02. The summed E-state index contributed by atoms with van der Waals surface area (Å²) in [5.41, 5.74) is 2.15. The molecule has 1 atom stereocenters. The first-order valence-corrected chi connectivity index (χ1v) is 9.69. The van der Waals surface area contributed by atoms with Crippen LogP contribution >= 0.6 is 22.6 Å². The molecule has 1 aromatic carbocycles. The second-order valence-corrected chi connectivity index (χ2v) is 7.94. The van der Waals surface area contributed by atoms with Gasteiger partial charge >= 0.3 is 0 Å². The van der Waals surface area contributed by atoms with E-state index >= 15 is 0 Å². The van der Waals surface area contributed by atoms with Crippen LogP contribution in [0.2, 0.25) is 0 Å². The first kappa shape index (κ1) is 18.8. The van der Waals surface area contributed by atoms with Gasteiger partial charge in [-0.25, -0.2) is 9.97 Å². The van der Waals surface area contributed by atoms with Gasteiger partial charge in [0.25, 0.3) is 0 Å². The van der Waals surface area contributed by atoms with Crippen LogP contribution in [-0.4, -0.2) is 15.0 Å².